The van der Waals surface area contributed by atoms with Crippen LogP contribution < -0.4 is 4.74 Å². The molecule has 2 aromatic carbocycles. The minimum absolute atomic E-state index is 0.0367. The third-order valence-corrected chi connectivity index (χ3v) is 4.95. The number of benzene rings is 2. The van der Waals surface area contributed by atoms with E-state index >= 15 is 0 Å². The fourth-order valence-electron chi connectivity index (χ4n) is 3.52. The van der Waals surface area contributed by atoms with E-state index in [0.29, 0.717) is 23.5 Å². The van der Waals surface area contributed by atoms with Crippen molar-refractivity contribution in [2.75, 3.05) is 19.8 Å². The fraction of sp³-hybridized carbons (Fsp3) is 0.333. The van der Waals surface area contributed by atoms with E-state index in [9.17, 15) is 19.1 Å². The molecule has 1 fully saturated rings. The second-order valence-electron chi connectivity index (χ2n) is 7.42. The van der Waals surface area contributed by atoms with Crippen LogP contribution in [0, 0.1) is 5.82 Å². The van der Waals surface area contributed by atoms with Crippen LogP contribution in [0.25, 0.3) is 5.76 Å². The lowest BCUT2D eigenvalue weighted by Crippen LogP contribution is -2.33. The van der Waals surface area contributed by atoms with E-state index in [4.69, 9.17) is 9.47 Å². The van der Waals surface area contributed by atoms with Crippen molar-refractivity contribution in [3.63, 3.8) is 0 Å². The standard InChI is InChI=1S/C24H26FNO5/c1-4-30-19-11-7-17(8-12-19)22(27)20-21(16-5-9-18(25)10-6-16)26(24(29)23(20)28)13-14-31-15(2)3/h5-12,15,21,27H,4,13-14H2,1-3H3/b22-20-. The van der Waals surface area contributed by atoms with Crippen molar-refractivity contribution in [3.05, 3.63) is 71.0 Å². The van der Waals surface area contributed by atoms with Gasteiger partial charge in [0.2, 0.25) is 0 Å². The van der Waals surface area contributed by atoms with Gasteiger partial charge in [0.05, 0.1) is 30.9 Å². The predicted molar refractivity (Wildman–Crippen MR) is 114 cm³/mol. The zero-order valence-electron chi connectivity index (χ0n) is 17.8. The Balaban J connectivity index is 2.04. The summed E-state index contributed by atoms with van der Waals surface area (Å²) in [5.41, 5.74) is 0.870. The van der Waals surface area contributed by atoms with Gasteiger partial charge < -0.3 is 19.5 Å². The molecule has 1 aliphatic rings. The van der Waals surface area contributed by atoms with Crippen molar-refractivity contribution in [1.82, 2.24) is 4.90 Å². The SMILES string of the molecule is CCOc1ccc(/C(O)=C2/C(=O)C(=O)N(CCOC(C)C)C2c2ccc(F)cc2)cc1. The highest BCUT2D eigenvalue weighted by atomic mass is 19.1. The molecular formula is C24H26FNO5. The first-order chi connectivity index (χ1) is 14.8. The van der Waals surface area contributed by atoms with Gasteiger partial charge in [-0.05, 0) is 62.7 Å². The number of carbonyl (C=O) groups is 2. The first-order valence-electron chi connectivity index (χ1n) is 10.2. The molecule has 3 rings (SSSR count). The molecule has 2 aromatic rings. The smallest absolute Gasteiger partial charge is 0.295 e. The van der Waals surface area contributed by atoms with E-state index in [1.165, 1.54) is 29.2 Å². The normalized spacial score (nSPS) is 18.1. The lowest BCUT2D eigenvalue weighted by molar-refractivity contribution is -0.140. The fourth-order valence-corrected chi connectivity index (χ4v) is 3.52. The Labute approximate surface area is 180 Å². The van der Waals surface area contributed by atoms with Crippen molar-refractivity contribution >= 4 is 17.4 Å². The number of rotatable bonds is 8. The monoisotopic (exact) mass is 427 g/mol. The second kappa shape index (κ2) is 9.75. The molecule has 0 bridgehead atoms. The van der Waals surface area contributed by atoms with Crippen molar-refractivity contribution in [2.45, 2.75) is 32.9 Å². The van der Waals surface area contributed by atoms with Gasteiger partial charge in [0.1, 0.15) is 17.3 Å². The molecule has 6 nitrogen and oxygen atoms in total. The molecule has 31 heavy (non-hydrogen) atoms. The third kappa shape index (κ3) is 4.94. The Morgan fingerprint density at radius 3 is 2.32 bits per heavy atom. The van der Waals surface area contributed by atoms with E-state index in [-0.39, 0.29) is 30.6 Å². The summed E-state index contributed by atoms with van der Waals surface area (Å²) in [6.07, 6.45) is -0.0371. The van der Waals surface area contributed by atoms with Crippen LogP contribution in [0.3, 0.4) is 0 Å². The molecule has 0 aromatic heterocycles. The van der Waals surface area contributed by atoms with Crippen molar-refractivity contribution < 1.29 is 28.6 Å². The van der Waals surface area contributed by atoms with Crippen LogP contribution in [0.15, 0.2) is 54.1 Å². The molecule has 7 heteroatoms. The molecule has 1 N–H and O–H groups in total. The van der Waals surface area contributed by atoms with Crippen LogP contribution in [-0.4, -0.2) is 47.6 Å². The second-order valence-corrected chi connectivity index (χ2v) is 7.42. The Hall–Kier alpha value is -3.19. The average molecular weight is 427 g/mol. The number of aliphatic hydroxyl groups excluding tert-OH is 1. The van der Waals surface area contributed by atoms with Crippen LogP contribution in [0.5, 0.6) is 5.75 Å². The first-order valence-corrected chi connectivity index (χ1v) is 10.2. The summed E-state index contributed by atoms with van der Waals surface area (Å²) in [5.74, 6) is -1.61. The van der Waals surface area contributed by atoms with Gasteiger partial charge in [-0.2, -0.15) is 0 Å². The molecule has 1 heterocycles. The van der Waals surface area contributed by atoms with Gasteiger partial charge >= 0.3 is 0 Å². The highest BCUT2D eigenvalue weighted by Gasteiger charge is 2.45. The highest BCUT2D eigenvalue weighted by Crippen LogP contribution is 2.39. The van der Waals surface area contributed by atoms with Crippen molar-refractivity contribution in [3.8, 4) is 5.75 Å². The number of hydrogen-bond acceptors (Lipinski definition) is 5. The van der Waals surface area contributed by atoms with Crippen LogP contribution in [0.2, 0.25) is 0 Å². The Kier molecular flexibility index (Phi) is 7.07. The number of carbonyl (C=O) groups excluding carboxylic acids is 2. The molecule has 0 saturated carbocycles. The maximum Gasteiger partial charge on any atom is 0.295 e. The quantitative estimate of drug-likeness (QED) is 0.390. The number of aliphatic hydroxyl groups is 1. The number of hydrogen-bond donors (Lipinski definition) is 1. The molecule has 1 atom stereocenters. The highest BCUT2D eigenvalue weighted by molar-refractivity contribution is 6.46. The molecule has 1 amide bonds. The van der Waals surface area contributed by atoms with Gasteiger partial charge in [0.15, 0.2) is 0 Å². The van der Waals surface area contributed by atoms with Gasteiger partial charge in [-0.15, -0.1) is 0 Å². The van der Waals surface area contributed by atoms with E-state index in [0.717, 1.165) is 0 Å². The topological polar surface area (TPSA) is 76.1 Å². The molecule has 1 unspecified atom stereocenters. The molecular weight excluding hydrogens is 401 g/mol. The third-order valence-electron chi connectivity index (χ3n) is 4.95. The molecule has 1 saturated heterocycles. The number of ketones is 1. The van der Waals surface area contributed by atoms with E-state index in [1.54, 1.807) is 24.3 Å². The van der Waals surface area contributed by atoms with Crippen LogP contribution >= 0.6 is 0 Å². The van der Waals surface area contributed by atoms with Gasteiger partial charge in [-0.3, -0.25) is 9.59 Å². The molecule has 0 spiro atoms. The Morgan fingerprint density at radius 2 is 1.74 bits per heavy atom. The lowest BCUT2D eigenvalue weighted by Gasteiger charge is -2.25. The van der Waals surface area contributed by atoms with Crippen molar-refractivity contribution in [1.29, 1.82) is 0 Å². The Morgan fingerprint density at radius 1 is 1.10 bits per heavy atom. The number of amides is 1. The summed E-state index contributed by atoms with van der Waals surface area (Å²) < 4.78 is 24.5. The van der Waals surface area contributed by atoms with Crippen molar-refractivity contribution in [2.24, 2.45) is 0 Å². The van der Waals surface area contributed by atoms with E-state index in [2.05, 4.69) is 0 Å². The van der Waals surface area contributed by atoms with Gasteiger partial charge in [0.25, 0.3) is 11.7 Å². The summed E-state index contributed by atoms with van der Waals surface area (Å²) in [4.78, 5) is 27.1. The zero-order chi connectivity index (χ0) is 22.5. The number of halogens is 1. The number of likely N-dealkylation sites (tertiary alicyclic amines) is 1. The Bertz CT molecular complexity index is 966. The van der Waals surface area contributed by atoms with E-state index < -0.39 is 23.5 Å². The van der Waals surface area contributed by atoms with Crippen LogP contribution in [-0.2, 0) is 14.3 Å². The number of ether oxygens (including phenoxy) is 2. The van der Waals surface area contributed by atoms with Crippen LogP contribution in [0.1, 0.15) is 37.9 Å². The number of nitrogens with zero attached hydrogens (tertiary/aromatic N) is 1. The largest absolute Gasteiger partial charge is 0.507 e. The lowest BCUT2D eigenvalue weighted by atomic mass is 9.95. The minimum Gasteiger partial charge on any atom is -0.507 e. The number of Topliss-reactive ketones (excluding diaryl/α,β-unsaturated/α-hetero) is 1. The summed E-state index contributed by atoms with van der Waals surface area (Å²) in [6, 6.07) is 11.3. The van der Waals surface area contributed by atoms with Gasteiger partial charge in [-0.25, -0.2) is 4.39 Å². The first kappa shape index (κ1) is 22.5. The zero-order valence-corrected chi connectivity index (χ0v) is 17.8. The van der Waals surface area contributed by atoms with Gasteiger partial charge in [0, 0.05) is 12.1 Å². The maximum absolute atomic E-state index is 13.5. The summed E-state index contributed by atoms with van der Waals surface area (Å²) in [5, 5.41) is 11.0. The van der Waals surface area contributed by atoms with Crippen LogP contribution in [0.4, 0.5) is 4.39 Å². The maximum atomic E-state index is 13.5. The summed E-state index contributed by atoms with van der Waals surface area (Å²) >= 11 is 0. The molecule has 164 valence electrons. The average Bonchev–Trinajstić information content (AvgIpc) is 2.99. The predicted octanol–water partition coefficient (Wildman–Crippen LogP) is 4.07. The summed E-state index contributed by atoms with van der Waals surface area (Å²) in [7, 11) is 0. The summed E-state index contributed by atoms with van der Waals surface area (Å²) in [6.45, 7) is 6.49. The molecule has 0 radical (unpaired) electrons. The molecule has 0 aliphatic carbocycles. The minimum atomic E-state index is -0.845. The van der Waals surface area contributed by atoms with Gasteiger partial charge in [-0.1, -0.05) is 12.1 Å². The van der Waals surface area contributed by atoms with E-state index in [1.807, 2.05) is 20.8 Å². The molecule has 1 aliphatic heterocycles.